The van der Waals surface area contributed by atoms with Crippen LogP contribution in [-0.2, 0) is 0 Å². The van der Waals surface area contributed by atoms with E-state index in [9.17, 15) is 0 Å². The molecule has 5 aromatic rings. The first-order valence-electron chi connectivity index (χ1n) is 12.5. The summed E-state index contributed by atoms with van der Waals surface area (Å²) in [7, 11) is 0. The van der Waals surface area contributed by atoms with E-state index < -0.39 is 0 Å². The fourth-order valence-corrected chi connectivity index (χ4v) is 4.85. The third kappa shape index (κ3) is 3.82. The fraction of sp³-hybridized carbons (Fsp3) is 0.207. The molecular formula is C29H26N6O. The first-order chi connectivity index (χ1) is 17.8. The summed E-state index contributed by atoms with van der Waals surface area (Å²) < 4.78 is 8.19. The zero-order chi connectivity index (χ0) is 23.9. The molecule has 36 heavy (non-hydrogen) atoms. The van der Waals surface area contributed by atoms with Crippen molar-refractivity contribution in [2.45, 2.75) is 12.8 Å². The number of imidazole rings is 1. The van der Waals surface area contributed by atoms with E-state index in [2.05, 4.69) is 98.1 Å². The minimum atomic E-state index is 0.804. The summed E-state index contributed by atoms with van der Waals surface area (Å²) in [5, 5.41) is 7.80. The van der Waals surface area contributed by atoms with Gasteiger partial charge in [-0.05, 0) is 48.2 Å². The Morgan fingerprint density at radius 1 is 0.722 bits per heavy atom. The first kappa shape index (κ1) is 20.9. The van der Waals surface area contributed by atoms with Crippen molar-refractivity contribution in [1.82, 2.24) is 20.0 Å². The Bertz CT molecular complexity index is 1590. The molecule has 2 aliphatic heterocycles. The Morgan fingerprint density at radius 3 is 2.25 bits per heavy atom. The van der Waals surface area contributed by atoms with Crippen LogP contribution in [0.15, 0.2) is 87.5 Å². The van der Waals surface area contributed by atoms with Crippen LogP contribution in [-0.4, -0.2) is 47.2 Å². The molecule has 0 spiro atoms. The third-order valence-corrected chi connectivity index (χ3v) is 6.80. The van der Waals surface area contributed by atoms with Gasteiger partial charge in [-0.15, -0.1) is 0 Å². The lowest BCUT2D eigenvalue weighted by Gasteiger charge is -2.14. The molecule has 2 aliphatic rings. The molecule has 7 heteroatoms. The summed E-state index contributed by atoms with van der Waals surface area (Å²) in [6.45, 7) is 3.63. The molecule has 0 saturated heterocycles. The van der Waals surface area contributed by atoms with Crippen molar-refractivity contribution in [3.63, 3.8) is 0 Å². The minimum Gasteiger partial charge on any atom is -0.453 e. The van der Waals surface area contributed by atoms with Gasteiger partial charge >= 0.3 is 0 Å². The smallest absolute Gasteiger partial charge is 0.170 e. The number of benzene rings is 2. The second-order valence-corrected chi connectivity index (χ2v) is 9.27. The Hall–Kier alpha value is -4.39. The van der Waals surface area contributed by atoms with Crippen LogP contribution in [0.2, 0.25) is 0 Å². The molecule has 178 valence electrons. The maximum Gasteiger partial charge on any atom is 0.170 e. The van der Waals surface area contributed by atoms with Crippen molar-refractivity contribution in [2.24, 2.45) is 9.98 Å². The van der Waals surface area contributed by atoms with Crippen LogP contribution in [0.25, 0.3) is 39.0 Å². The molecule has 2 N–H and O–H groups in total. The van der Waals surface area contributed by atoms with Crippen molar-refractivity contribution in [1.29, 1.82) is 0 Å². The second-order valence-electron chi connectivity index (χ2n) is 9.27. The number of fused-ring (bicyclic) bond motifs is 2. The Labute approximate surface area is 208 Å². The van der Waals surface area contributed by atoms with Crippen molar-refractivity contribution >= 4 is 28.3 Å². The number of amidine groups is 2. The SMILES string of the molecule is c1cn2cc(-c3ccc(-c4ccc5cc(C6=NCCCN6)oc5c4)cc3)nc2cc1C1=NCCCN1. The van der Waals surface area contributed by atoms with Crippen LogP contribution >= 0.6 is 0 Å². The van der Waals surface area contributed by atoms with Gasteiger partial charge in [-0.1, -0.05) is 36.4 Å². The van der Waals surface area contributed by atoms with Crippen LogP contribution < -0.4 is 10.6 Å². The molecule has 3 aromatic heterocycles. The number of nitrogens with zero attached hydrogens (tertiary/aromatic N) is 4. The molecule has 0 radical (unpaired) electrons. The Kier molecular flexibility index (Phi) is 5.05. The summed E-state index contributed by atoms with van der Waals surface area (Å²) in [6, 6.07) is 21.1. The summed E-state index contributed by atoms with van der Waals surface area (Å²) in [5.41, 5.74) is 7.15. The fourth-order valence-electron chi connectivity index (χ4n) is 4.85. The number of pyridine rings is 1. The van der Waals surface area contributed by atoms with Crippen molar-refractivity contribution in [2.75, 3.05) is 26.2 Å². The van der Waals surface area contributed by atoms with E-state index in [1.165, 1.54) is 0 Å². The van der Waals surface area contributed by atoms with E-state index in [0.29, 0.717) is 0 Å². The van der Waals surface area contributed by atoms with E-state index in [4.69, 9.17) is 9.40 Å². The summed E-state index contributed by atoms with van der Waals surface area (Å²) in [6.07, 6.45) is 6.27. The number of aliphatic imine (C=N–C) groups is 2. The molecule has 0 unspecified atom stereocenters. The molecule has 0 saturated carbocycles. The van der Waals surface area contributed by atoms with Crippen LogP contribution in [0, 0.1) is 0 Å². The zero-order valence-electron chi connectivity index (χ0n) is 19.9. The standard InChI is InChI=1S/C29H26N6O/c1-10-30-28(31-11-1)23-9-14-35-18-24(34-27(35)17-23)20-5-3-19(4-6-20)21-7-8-22-16-26(36-25(22)15-21)29-32-12-2-13-33-29/h3-9,14-18H,1-2,10-13H2,(H,30,31)(H,32,33). The number of aromatic nitrogens is 2. The van der Waals surface area contributed by atoms with Crippen LogP contribution in [0.5, 0.6) is 0 Å². The highest BCUT2D eigenvalue weighted by molar-refractivity contribution is 6.01. The van der Waals surface area contributed by atoms with Gasteiger partial charge in [-0.2, -0.15) is 0 Å². The lowest BCUT2D eigenvalue weighted by molar-refractivity contribution is 0.592. The first-order valence-corrected chi connectivity index (χ1v) is 12.5. The second kappa shape index (κ2) is 8.68. The van der Waals surface area contributed by atoms with Gasteiger partial charge in [0.2, 0.25) is 0 Å². The van der Waals surface area contributed by atoms with E-state index in [-0.39, 0.29) is 0 Å². The minimum absolute atomic E-state index is 0.804. The van der Waals surface area contributed by atoms with E-state index >= 15 is 0 Å². The van der Waals surface area contributed by atoms with Crippen molar-refractivity contribution in [3.8, 4) is 22.4 Å². The van der Waals surface area contributed by atoms with E-state index in [0.717, 1.165) is 101 Å². The number of hydrogen-bond donors (Lipinski definition) is 2. The molecule has 2 aromatic carbocycles. The van der Waals surface area contributed by atoms with Crippen molar-refractivity contribution in [3.05, 3.63) is 84.4 Å². The van der Waals surface area contributed by atoms with Crippen LogP contribution in [0.4, 0.5) is 0 Å². The molecule has 0 bridgehead atoms. The topological polar surface area (TPSA) is 79.2 Å². The molecular weight excluding hydrogens is 448 g/mol. The molecule has 7 nitrogen and oxygen atoms in total. The van der Waals surface area contributed by atoms with Gasteiger partial charge in [0.15, 0.2) is 11.6 Å². The third-order valence-electron chi connectivity index (χ3n) is 6.80. The molecule has 0 fully saturated rings. The van der Waals surface area contributed by atoms with Gasteiger partial charge < -0.3 is 19.5 Å². The molecule has 0 amide bonds. The lowest BCUT2D eigenvalue weighted by atomic mass is 10.0. The predicted octanol–water partition coefficient (Wildman–Crippen LogP) is 4.89. The van der Waals surface area contributed by atoms with Gasteiger partial charge in [-0.3, -0.25) is 9.98 Å². The lowest BCUT2D eigenvalue weighted by Crippen LogP contribution is -2.30. The zero-order valence-corrected chi connectivity index (χ0v) is 19.9. The monoisotopic (exact) mass is 474 g/mol. The normalized spacial score (nSPS) is 15.9. The highest BCUT2D eigenvalue weighted by atomic mass is 16.3. The largest absolute Gasteiger partial charge is 0.453 e. The van der Waals surface area contributed by atoms with Crippen LogP contribution in [0.3, 0.4) is 0 Å². The average Bonchev–Trinajstić information content (AvgIpc) is 3.58. The Morgan fingerprint density at radius 2 is 1.47 bits per heavy atom. The number of furan rings is 1. The Balaban J connectivity index is 1.16. The highest BCUT2D eigenvalue weighted by Gasteiger charge is 2.14. The summed E-state index contributed by atoms with van der Waals surface area (Å²) >= 11 is 0. The highest BCUT2D eigenvalue weighted by Crippen LogP contribution is 2.29. The molecule has 0 aliphatic carbocycles. The van der Waals surface area contributed by atoms with Gasteiger partial charge in [0.1, 0.15) is 17.1 Å². The maximum absolute atomic E-state index is 6.13. The van der Waals surface area contributed by atoms with Gasteiger partial charge in [0.25, 0.3) is 0 Å². The molecule has 7 rings (SSSR count). The number of hydrogen-bond acceptors (Lipinski definition) is 6. The van der Waals surface area contributed by atoms with Gasteiger partial charge in [0, 0.05) is 55.1 Å². The predicted molar refractivity (Wildman–Crippen MR) is 144 cm³/mol. The molecule has 5 heterocycles. The van der Waals surface area contributed by atoms with Gasteiger partial charge in [0.05, 0.1) is 5.69 Å². The number of rotatable bonds is 4. The van der Waals surface area contributed by atoms with E-state index in [1.807, 2.05) is 0 Å². The van der Waals surface area contributed by atoms with Gasteiger partial charge in [-0.25, -0.2) is 4.98 Å². The molecule has 0 atom stereocenters. The summed E-state index contributed by atoms with van der Waals surface area (Å²) in [4.78, 5) is 14.0. The quantitative estimate of drug-likeness (QED) is 0.389. The maximum atomic E-state index is 6.13. The van der Waals surface area contributed by atoms with Crippen LogP contribution in [0.1, 0.15) is 24.2 Å². The average molecular weight is 475 g/mol. The van der Waals surface area contributed by atoms with Crippen molar-refractivity contribution < 1.29 is 4.42 Å². The number of nitrogens with one attached hydrogen (secondary N) is 2. The summed E-state index contributed by atoms with van der Waals surface area (Å²) in [5.74, 6) is 2.62. The van der Waals surface area contributed by atoms with E-state index in [1.54, 1.807) is 0 Å².